The van der Waals surface area contributed by atoms with Crippen LogP contribution in [0, 0.1) is 6.92 Å². The Balaban J connectivity index is 0.931. The summed E-state index contributed by atoms with van der Waals surface area (Å²) in [7, 11) is -3.60. The standard InChI is InChI=1S/C46H53ClN8O8S/c1-26(2)63-37-24-31(28(5)23-35(37)51-46-49-25-32(47)42(53-46)50-33-12-6-7-14-38(33)64(61,62)27(3)4)29-18-21-54(22-19-29)40(57)15-8-9-20-48-34-13-10-11-30-41(34)45(60)55(44(30)59)36-16-17-39(56)52-43(36)58/h6-7,10-14,23-27,29,36,48H,8-9,15-22H2,1-5H3,(H,52,56,58)(H2,49,50,51,53). The van der Waals surface area contributed by atoms with E-state index in [1.165, 1.54) is 6.20 Å². The molecule has 0 spiro atoms. The Morgan fingerprint density at radius 2 is 1.66 bits per heavy atom. The van der Waals surface area contributed by atoms with E-state index in [4.69, 9.17) is 16.3 Å². The highest BCUT2D eigenvalue weighted by Gasteiger charge is 2.45. The number of carbonyl (C=O) groups excluding carboxylic acids is 5. The van der Waals surface area contributed by atoms with Crippen LogP contribution in [0.25, 0.3) is 0 Å². The zero-order chi connectivity index (χ0) is 45.9. The molecule has 2 fully saturated rings. The Labute approximate surface area is 377 Å². The molecule has 0 radical (unpaired) electrons. The van der Waals surface area contributed by atoms with Gasteiger partial charge in [0.25, 0.3) is 11.8 Å². The number of rotatable bonds is 16. The molecule has 0 bridgehead atoms. The summed E-state index contributed by atoms with van der Waals surface area (Å²) in [6.45, 7) is 10.9. The molecule has 1 unspecified atom stereocenters. The molecule has 0 aliphatic carbocycles. The maximum absolute atomic E-state index is 13.4. The maximum Gasteiger partial charge on any atom is 0.264 e. The summed E-state index contributed by atoms with van der Waals surface area (Å²) in [5, 5.41) is 11.4. The van der Waals surface area contributed by atoms with Crippen LogP contribution in [0.2, 0.25) is 5.02 Å². The average molecular weight is 913 g/mol. The number of ether oxygens (including phenoxy) is 1. The molecular formula is C46H53ClN8O8S. The first-order valence-electron chi connectivity index (χ1n) is 21.6. The van der Waals surface area contributed by atoms with E-state index in [0.29, 0.717) is 61.7 Å². The van der Waals surface area contributed by atoms with Gasteiger partial charge < -0.3 is 25.6 Å². The second kappa shape index (κ2) is 19.4. The molecule has 7 rings (SSSR count). The molecule has 3 aromatic carbocycles. The van der Waals surface area contributed by atoms with Crippen LogP contribution in [0.3, 0.4) is 0 Å². The van der Waals surface area contributed by atoms with E-state index < -0.39 is 44.8 Å². The van der Waals surface area contributed by atoms with Crippen LogP contribution < -0.4 is 26.0 Å². The maximum atomic E-state index is 13.4. The summed E-state index contributed by atoms with van der Waals surface area (Å²) in [4.78, 5) is 76.0. The zero-order valence-electron chi connectivity index (χ0n) is 36.5. The first kappa shape index (κ1) is 45.9. The number of anilines is 5. The van der Waals surface area contributed by atoms with Gasteiger partial charge >= 0.3 is 0 Å². The molecule has 4 aromatic rings. The van der Waals surface area contributed by atoms with Gasteiger partial charge in [0.1, 0.15) is 16.8 Å². The molecule has 0 saturated carbocycles. The van der Waals surface area contributed by atoms with Crippen LogP contribution in [0.5, 0.6) is 5.75 Å². The number of aromatic nitrogens is 2. The Morgan fingerprint density at radius 3 is 2.38 bits per heavy atom. The van der Waals surface area contributed by atoms with Crippen LogP contribution in [-0.2, 0) is 24.2 Å². The van der Waals surface area contributed by atoms with Gasteiger partial charge in [0.05, 0.1) is 44.9 Å². The highest BCUT2D eigenvalue weighted by molar-refractivity contribution is 7.92. The lowest BCUT2D eigenvalue weighted by Gasteiger charge is -2.33. The molecular weight excluding hydrogens is 860 g/mol. The number of likely N-dealkylation sites (tertiary alicyclic amines) is 1. The fraction of sp³-hybridized carbons (Fsp3) is 0.413. The average Bonchev–Trinajstić information content (AvgIpc) is 3.51. The quantitative estimate of drug-likeness (QED) is 0.0644. The van der Waals surface area contributed by atoms with Gasteiger partial charge in [0.2, 0.25) is 23.7 Å². The lowest BCUT2D eigenvalue weighted by molar-refractivity contribution is -0.136. The number of aryl methyl sites for hydroxylation is 1. The Bertz CT molecular complexity index is 2600. The van der Waals surface area contributed by atoms with Crippen LogP contribution in [0.1, 0.15) is 110 Å². The summed E-state index contributed by atoms with van der Waals surface area (Å²) >= 11 is 6.50. The van der Waals surface area contributed by atoms with E-state index in [0.717, 1.165) is 28.9 Å². The van der Waals surface area contributed by atoms with Crippen molar-refractivity contribution in [3.05, 3.63) is 88.1 Å². The third-order valence-corrected chi connectivity index (χ3v) is 14.2. The molecule has 1 atom stereocenters. The van der Waals surface area contributed by atoms with E-state index >= 15 is 0 Å². The predicted molar refractivity (Wildman–Crippen MR) is 243 cm³/mol. The predicted octanol–water partition coefficient (Wildman–Crippen LogP) is 7.28. The summed E-state index contributed by atoms with van der Waals surface area (Å²) in [5.74, 6) is -0.842. The van der Waals surface area contributed by atoms with Gasteiger partial charge in [-0.3, -0.25) is 34.2 Å². The first-order chi connectivity index (χ1) is 30.5. The minimum atomic E-state index is -3.60. The number of carbonyl (C=O) groups is 5. The molecule has 4 N–H and O–H groups in total. The number of sulfone groups is 1. The van der Waals surface area contributed by atoms with Gasteiger partial charge in [-0.1, -0.05) is 29.8 Å². The van der Waals surface area contributed by atoms with Crippen LogP contribution in [0.4, 0.5) is 28.8 Å². The van der Waals surface area contributed by atoms with E-state index in [-0.39, 0.29) is 63.6 Å². The van der Waals surface area contributed by atoms with Gasteiger partial charge in [0.15, 0.2) is 15.7 Å². The number of unbranched alkanes of at least 4 members (excludes halogenated alkanes) is 1. The highest BCUT2D eigenvalue weighted by atomic mass is 35.5. The second-order valence-electron chi connectivity index (χ2n) is 16.8. The third-order valence-electron chi connectivity index (χ3n) is 11.7. The van der Waals surface area contributed by atoms with Gasteiger partial charge in [-0.05, 0) is 120 Å². The monoisotopic (exact) mass is 912 g/mol. The fourth-order valence-corrected chi connectivity index (χ4v) is 9.65. The second-order valence-corrected chi connectivity index (χ2v) is 19.7. The van der Waals surface area contributed by atoms with Gasteiger partial charge in [-0.25, -0.2) is 13.4 Å². The van der Waals surface area contributed by atoms with Crippen LogP contribution in [0.15, 0.2) is 65.7 Å². The number of hydrogen-bond donors (Lipinski definition) is 4. The Hall–Kier alpha value is -6.07. The van der Waals surface area contributed by atoms with Crippen molar-refractivity contribution in [1.29, 1.82) is 0 Å². The molecule has 16 nitrogen and oxygen atoms in total. The van der Waals surface area contributed by atoms with Crippen molar-refractivity contribution in [2.24, 2.45) is 0 Å². The normalized spacial score (nSPS) is 16.9. The number of nitrogens with zero attached hydrogens (tertiary/aromatic N) is 4. The van der Waals surface area contributed by atoms with Crippen molar-refractivity contribution in [3.63, 3.8) is 0 Å². The van der Waals surface area contributed by atoms with Crippen molar-refractivity contribution in [3.8, 4) is 5.75 Å². The van der Waals surface area contributed by atoms with E-state index in [1.54, 1.807) is 56.3 Å². The summed E-state index contributed by atoms with van der Waals surface area (Å²) in [6.07, 6.45) is 4.66. The Morgan fingerprint density at radius 1 is 0.922 bits per heavy atom. The number of halogens is 1. The molecule has 3 aliphatic heterocycles. The third kappa shape index (κ3) is 9.84. The number of para-hydroxylation sites is 1. The molecule has 338 valence electrons. The van der Waals surface area contributed by atoms with Crippen molar-refractivity contribution in [1.82, 2.24) is 25.1 Å². The minimum Gasteiger partial charge on any atom is -0.489 e. The lowest BCUT2D eigenvalue weighted by Crippen LogP contribution is -2.54. The number of nitrogens with one attached hydrogen (secondary N) is 4. The molecule has 2 saturated heterocycles. The van der Waals surface area contributed by atoms with Crippen LogP contribution in [-0.4, -0.2) is 94.8 Å². The molecule has 5 amide bonds. The Kier molecular flexibility index (Phi) is 13.9. The van der Waals surface area contributed by atoms with Gasteiger partial charge in [0, 0.05) is 38.2 Å². The molecule has 3 aliphatic rings. The summed E-state index contributed by atoms with van der Waals surface area (Å²) in [6, 6.07) is 14.6. The highest BCUT2D eigenvalue weighted by Crippen LogP contribution is 2.39. The molecule has 4 heterocycles. The van der Waals surface area contributed by atoms with Gasteiger partial charge in [-0.15, -0.1) is 0 Å². The van der Waals surface area contributed by atoms with E-state index in [9.17, 15) is 32.4 Å². The number of fused-ring (bicyclic) bond motifs is 1. The summed E-state index contributed by atoms with van der Waals surface area (Å²) in [5.41, 5.74) is 4.08. The van der Waals surface area contributed by atoms with Crippen molar-refractivity contribution < 1.29 is 37.1 Å². The number of amides is 5. The van der Waals surface area contributed by atoms with E-state index in [2.05, 4.69) is 31.2 Å². The number of imide groups is 2. The number of hydrogen-bond acceptors (Lipinski definition) is 13. The molecule has 64 heavy (non-hydrogen) atoms. The van der Waals surface area contributed by atoms with Crippen LogP contribution >= 0.6 is 11.6 Å². The number of benzene rings is 3. The van der Waals surface area contributed by atoms with Gasteiger partial charge in [-0.2, -0.15) is 4.98 Å². The molecule has 18 heteroatoms. The zero-order valence-corrected chi connectivity index (χ0v) is 38.1. The largest absolute Gasteiger partial charge is 0.489 e. The smallest absolute Gasteiger partial charge is 0.264 e. The number of piperidine rings is 2. The minimum absolute atomic E-state index is 0.0480. The van der Waals surface area contributed by atoms with E-state index in [1.807, 2.05) is 37.8 Å². The molecule has 1 aromatic heterocycles. The first-order valence-corrected chi connectivity index (χ1v) is 23.5. The van der Waals surface area contributed by atoms with Crippen molar-refractivity contribution in [2.75, 3.05) is 35.6 Å². The lowest BCUT2D eigenvalue weighted by atomic mass is 9.86. The SMILES string of the molecule is Cc1cc(Nc2ncc(Cl)c(Nc3ccccc3S(=O)(=O)C(C)C)n2)c(OC(C)C)cc1C1CCN(C(=O)CCCCNc2cccc3c2C(=O)N(C2CCC(=O)NC2=O)C3=O)CC1. The van der Waals surface area contributed by atoms with Crippen molar-refractivity contribution in [2.45, 2.75) is 108 Å². The van der Waals surface area contributed by atoms with Crippen molar-refractivity contribution >= 4 is 79.8 Å². The summed E-state index contributed by atoms with van der Waals surface area (Å²) < 4.78 is 32.5. The fourth-order valence-electron chi connectivity index (χ4n) is 8.31. The topological polar surface area (TPSA) is 209 Å².